The Balaban J connectivity index is 2.65. The number of hydrogen-bond donors (Lipinski definition) is 1. The van der Waals surface area contributed by atoms with Crippen LogP contribution in [0.3, 0.4) is 0 Å². The van der Waals surface area contributed by atoms with Gasteiger partial charge in [-0.2, -0.15) is 5.10 Å². The Morgan fingerprint density at radius 1 is 1.11 bits per heavy atom. The third kappa shape index (κ3) is 4.64. The van der Waals surface area contributed by atoms with Crippen LogP contribution in [-0.2, 0) is 13.0 Å². The second kappa shape index (κ2) is 8.36. The molecule has 0 saturated carbocycles. The zero-order chi connectivity index (χ0) is 14.3. The molecule has 0 aliphatic heterocycles. The van der Waals surface area contributed by atoms with Gasteiger partial charge in [-0.3, -0.25) is 4.68 Å². The first-order chi connectivity index (χ1) is 9.13. The number of aryl methyl sites for hydroxylation is 1. The minimum atomic E-state index is 0.754. The largest absolute Gasteiger partial charge is 0.316 e. The lowest BCUT2D eigenvalue weighted by Gasteiger charge is -2.13. The van der Waals surface area contributed by atoms with Gasteiger partial charge in [-0.05, 0) is 51.3 Å². The molecule has 0 radical (unpaired) electrons. The van der Waals surface area contributed by atoms with Crippen molar-refractivity contribution < 1.29 is 0 Å². The third-order valence-corrected chi connectivity index (χ3v) is 4.10. The Labute approximate surface area is 118 Å². The molecule has 0 aliphatic carbocycles. The average Bonchev–Trinajstić information content (AvgIpc) is 2.67. The Hall–Kier alpha value is -0.830. The monoisotopic (exact) mass is 265 g/mol. The lowest BCUT2D eigenvalue weighted by Crippen LogP contribution is -2.18. The van der Waals surface area contributed by atoms with Gasteiger partial charge in [0.25, 0.3) is 0 Å². The highest BCUT2D eigenvalue weighted by molar-refractivity contribution is 5.24. The summed E-state index contributed by atoms with van der Waals surface area (Å²) in [5.41, 5.74) is 4.01. The summed E-state index contributed by atoms with van der Waals surface area (Å²) >= 11 is 0. The smallest absolute Gasteiger partial charge is 0.0628 e. The molecule has 0 bridgehead atoms. The molecule has 3 heteroatoms. The van der Waals surface area contributed by atoms with Crippen molar-refractivity contribution in [3.8, 4) is 0 Å². The van der Waals surface area contributed by atoms with Crippen molar-refractivity contribution >= 4 is 0 Å². The van der Waals surface area contributed by atoms with Gasteiger partial charge in [-0.25, -0.2) is 0 Å². The van der Waals surface area contributed by atoms with Crippen molar-refractivity contribution in [2.24, 2.45) is 5.92 Å². The summed E-state index contributed by atoms with van der Waals surface area (Å²) in [5.74, 6) is 0.754. The van der Waals surface area contributed by atoms with Crippen molar-refractivity contribution in [3.05, 3.63) is 17.0 Å². The molecule has 1 N–H and O–H groups in total. The van der Waals surface area contributed by atoms with Crippen molar-refractivity contribution in [3.63, 3.8) is 0 Å². The molecule has 0 aliphatic rings. The van der Waals surface area contributed by atoms with Crippen molar-refractivity contribution in [1.82, 2.24) is 15.1 Å². The van der Waals surface area contributed by atoms with Crippen LogP contribution in [0.15, 0.2) is 0 Å². The fraction of sp³-hybridized carbons (Fsp3) is 0.812. The fourth-order valence-corrected chi connectivity index (χ4v) is 2.58. The molecule has 0 fully saturated rings. The van der Waals surface area contributed by atoms with Gasteiger partial charge in [0, 0.05) is 12.2 Å². The van der Waals surface area contributed by atoms with E-state index in [-0.39, 0.29) is 0 Å². The predicted molar refractivity (Wildman–Crippen MR) is 82.6 cm³/mol. The Morgan fingerprint density at radius 3 is 2.37 bits per heavy atom. The molecular formula is C16H31N3. The van der Waals surface area contributed by atoms with Gasteiger partial charge in [0.05, 0.1) is 5.69 Å². The van der Waals surface area contributed by atoms with Crippen LogP contribution in [0.5, 0.6) is 0 Å². The van der Waals surface area contributed by atoms with E-state index in [9.17, 15) is 0 Å². The summed E-state index contributed by atoms with van der Waals surface area (Å²) in [4.78, 5) is 0. The summed E-state index contributed by atoms with van der Waals surface area (Å²) in [6.07, 6.45) is 4.77. The minimum absolute atomic E-state index is 0.754. The Morgan fingerprint density at radius 2 is 1.79 bits per heavy atom. The molecule has 1 heterocycles. The van der Waals surface area contributed by atoms with Gasteiger partial charge in [0.1, 0.15) is 0 Å². The van der Waals surface area contributed by atoms with Gasteiger partial charge < -0.3 is 5.32 Å². The fourth-order valence-electron chi connectivity index (χ4n) is 2.58. The van der Waals surface area contributed by atoms with E-state index in [0.717, 1.165) is 32.0 Å². The zero-order valence-corrected chi connectivity index (χ0v) is 13.4. The van der Waals surface area contributed by atoms with Gasteiger partial charge in [0.15, 0.2) is 0 Å². The maximum Gasteiger partial charge on any atom is 0.0628 e. The average molecular weight is 265 g/mol. The molecule has 0 saturated heterocycles. The Bertz CT molecular complexity index is 364. The lowest BCUT2D eigenvalue weighted by molar-refractivity contribution is 0.390. The molecular weight excluding hydrogens is 234 g/mol. The number of hydrogen-bond acceptors (Lipinski definition) is 2. The van der Waals surface area contributed by atoms with Crippen LogP contribution < -0.4 is 5.32 Å². The summed E-state index contributed by atoms with van der Waals surface area (Å²) in [7, 11) is 0. The second-order valence-electron chi connectivity index (χ2n) is 5.51. The molecule has 1 aromatic rings. The van der Waals surface area contributed by atoms with Gasteiger partial charge >= 0.3 is 0 Å². The highest BCUT2D eigenvalue weighted by atomic mass is 15.3. The van der Waals surface area contributed by atoms with Crippen molar-refractivity contribution in [2.45, 2.75) is 66.8 Å². The van der Waals surface area contributed by atoms with Crippen LogP contribution in [0.25, 0.3) is 0 Å². The van der Waals surface area contributed by atoms with E-state index in [1.165, 1.54) is 36.2 Å². The number of aromatic nitrogens is 2. The van der Waals surface area contributed by atoms with Gasteiger partial charge in [-0.15, -0.1) is 0 Å². The highest BCUT2D eigenvalue weighted by Gasteiger charge is 2.13. The van der Waals surface area contributed by atoms with Crippen LogP contribution in [0, 0.1) is 19.8 Å². The topological polar surface area (TPSA) is 29.9 Å². The summed E-state index contributed by atoms with van der Waals surface area (Å²) in [6.45, 7) is 14.4. The van der Waals surface area contributed by atoms with E-state index in [4.69, 9.17) is 5.10 Å². The molecule has 19 heavy (non-hydrogen) atoms. The van der Waals surface area contributed by atoms with Crippen LogP contribution in [-0.4, -0.2) is 22.9 Å². The van der Waals surface area contributed by atoms with Gasteiger partial charge in [-0.1, -0.05) is 33.6 Å². The normalized spacial score (nSPS) is 11.5. The summed E-state index contributed by atoms with van der Waals surface area (Å²) in [6, 6.07) is 0. The molecule has 3 nitrogen and oxygen atoms in total. The maximum atomic E-state index is 4.73. The Kier molecular flexibility index (Phi) is 7.14. The second-order valence-corrected chi connectivity index (χ2v) is 5.51. The molecule has 1 aromatic heterocycles. The quantitative estimate of drug-likeness (QED) is 0.693. The molecule has 0 aromatic carbocycles. The minimum Gasteiger partial charge on any atom is -0.316 e. The molecule has 110 valence electrons. The van der Waals surface area contributed by atoms with E-state index in [2.05, 4.69) is 44.6 Å². The van der Waals surface area contributed by atoms with E-state index >= 15 is 0 Å². The predicted octanol–water partition coefficient (Wildman–Crippen LogP) is 3.48. The lowest BCUT2D eigenvalue weighted by atomic mass is 10.0. The molecule has 0 amide bonds. The first kappa shape index (κ1) is 16.2. The SMILES string of the molecule is CCCNCCc1c(C)nn(CC(CC)CC)c1C. The molecule has 0 unspecified atom stereocenters. The van der Waals surface area contributed by atoms with Crippen LogP contribution in [0.2, 0.25) is 0 Å². The van der Waals surface area contributed by atoms with E-state index in [1.54, 1.807) is 0 Å². The number of nitrogens with one attached hydrogen (secondary N) is 1. The first-order valence-electron chi connectivity index (χ1n) is 7.87. The van der Waals surface area contributed by atoms with Crippen molar-refractivity contribution in [2.75, 3.05) is 13.1 Å². The van der Waals surface area contributed by atoms with Crippen LogP contribution >= 0.6 is 0 Å². The highest BCUT2D eigenvalue weighted by Crippen LogP contribution is 2.17. The maximum absolute atomic E-state index is 4.73. The van der Waals surface area contributed by atoms with Gasteiger partial charge in [0.2, 0.25) is 0 Å². The van der Waals surface area contributed by atoms with Crippen LogP contribution in [0.4, 0.5) is 0 Å². The molecule has 1 rings (SSSR count). The van der Waals surface area contributed by atoms with E-state index in [0.29, 0.717) is 0 Å². The number of nitrogens with zero attached hydrogens (tertiary/aromatic N) is 2. The molecule has 0 atom stereocenters. The van der Waals surface area contributed by atoms with E-state index < -0.39 is 0 Å². The standard InChI is InChI=1S/C16H31N3/c1-6-10-17-11-9-16-13(4)18-19(14(16)5)12-15(7-2)8-3/h15,17H,6-12H2,1-5H3. The molecule has 0 spiro atoms. The van der Waals surface area contributed by atoms with Crippen LogP contribution in [0.1, 0.15) is 57.0 Å². The summed E-state index contributed by atoms with van der Waals surface area (Å²) in [5, 5.41) is 8.21. The van der Waals surface area contributed by atoms with E-state index in [1.807, 2.05) is 0 Å². The first-order valence-corrected chi connectivity index (χ1v) is 7.87. The zero-order valence-electron chi connectivity index (χ0n) is 13.4. The number of rotatable bonds is 9. The summed E-state index contributed by atoms with van der Waals surface area (Å²) < 4.78 is 2.22. The van der Waals surface area contributed by atoms with Crippen molar-refractivity contribution in [1.29, 1.82) is 0 Å². The third-order valence-electron chi connectivity index (χ3n) is 4.10.